The van der Waals surface area contributed by atoms with E-state index in [0.29, 0.717) is 17.0 Å². The van der Waals surface area contributed by atoms with Crippen LogP contribution in [0.3, 0.4) is 0 Å². The minimum Gasteiger partial charge on any atom is -0.497 e. The van der Waals surface area contributed by atoms with Crippen LogP contribution in [0.4, 0.5) is 0 Å². The fourth-order valence-corrected chi connectivity index (χ4v) is 5.11. The number of methoxy groups -OCH3 is 1. The summed E-state index contributed by atoms with van der Waals surface area (Å²) in [5.74, 6) is 0.704. The molecule has 0 saturated carbocycles. The van der Waals surface area contributed by atoms with E-state index in [9.17, 15) is 8.42 Å². The van der Waals surface area contributed by atoms with Crippen LogP contribution < -0.4 is 4.74 Å². The Balaban J connectivity index is 2.08. The molecule has 0 bridgehead atoms. The van der Waals surface area contributed by atoms with Crippen molar-refractivity contribution in [1.29, 1.82) is 0 Å². The Labute approximate surface area is 170 Å². The summed E-state index contributed by atoms with van der Waals surface area (Å²) in [5.41, 5.74) is 3.82. The molecule has 4 nitrogen and oxygen atoms in total. The Morgan fingerprint density at radius 2 is 1.69 bits per heavy atom. The Bertz CT molecular complexity index is 1320. The van der Waals surface area contributed by atoms with Crippen LogP contribution in [0.25, 0.3) is 28.1 Å². The van der Waals surface area contributed by atoms with Crippen molar-refractivity contribution in [2.45, 2.75) is 11.8 Å². The smallest absolute Gasteiger partial charge is 0.268 e. The van der Waals surface area contributed by atoms with Crippen LogP contribution in [-0.4, -0.2) is 19.5 Å². The lowest BCUT2D eigenvalue weighted by molar-refractivity contribution is 0.415. The third-order valence-corrected chi connectivity index (χ3v) is 6.72. The van der Waals surface area contributed by atoms with E-state index in [4.69, 9.17) is 4.74 Å². The third kappa shape index (κ3) is 3.13. The fraction of sp³-hybridized carbons (Fsp3) is 0.0833. The van der Waals surface area contributed by atoms with E-state index < -0.39 is 10.0 Å². The van der Waals surface area contributed by atoms with Crippen LogP contribution in [0, 0.1) is 6.92 Å². The third-order valence-electron chi connectivity index (χ3n) is 4.98. The molecule has 0 fully saturated rings. The lowest BCUT2D eigenvalue weighted by Crippen LogP contribution is -2.14. The van der Waals surface area contributed by atoms with Gasteiger partial charge in [0, 0.05) is 10.9 Å². The Hall–Kier alpha value is -3.31. The Morgan fingerprint density at radius 1 is 0.966 bits per heavy atom. The summed E-state index contributed by atoms with van der Waals surface area (Å²) < 4.78 is 33.9. The number of benzene rings is 3. The van der Waals surface area contributed by atoms with E-state index in [1.807, 2.05) is 55.5 Å². The SMILES string of the molecule is C=Cc1c(-c2cccc(OC)c2)c2ccccc2n1S(=O)(=O)c1ccc(C)cc1. The minimum absolute atomic E-state index is 0.240. The lowest BCUT2D eigenvalue weighted by Gasteiger charge is -2.11. The monoisotopic (exact) mass is 403 g/mol. The molecule has 3 aromatic carbocycles. The molecule has 0 radical (unpaired) electrons. The second kappa shape index (κ2) is 7.26. The first-order valence-electron chi connectivity index (χ1n) is 9.20. The molecule has 0 aliphatic rings. The maximum Gasteiger partial charge on any atom is 0.268 e. The summed E-state index contributed by atoms with van der Waals surface area (Å²) in [6, 6.07) is 22.0. The van der Waals surface area contributed by atoms with Crippen molar-refractivity contribution in [3.63, 3.8) is 0 Å². The van der Waals surface area contributed by atoms with Gasteiger partial charge in [0.2, 0.25) is 0 Å². The Morgan fingerprint density at radius 3 is 2.38 bits per heavy atom. The molecule has 0 N–H and O–H groups in total. The highest BCUT2D eigenvalue weighted by atomic mass is 32.2. The van der Waals surface area contributed by atoms with Gasteiger partial charge in [0.1, 0.15) is 5.75 Å². The van der Waals surface area contributed by atoms with Crippen molar-refractivity contribution in [3.8, 4) is 16.9 Å². The van der Waals surface area contributed by atoms with Crippen LogP contribution in [0.5, 0.6) is 5.75 Å². The number of nitrogens with zero attached hydrogens (tertiary/aromatic N) is 1. The first-order chi connectivity index (χ1) is 14.0. The highest BCUT2D eigenvalue weighted by Gasteiger charge is 2.26. The molecule has 4 aromatic rings. The second-order valence-electron chi connectivity index (χ2n) is 6.80. The van der Waals surface area contributed by atoms with Gasteiger partial charge in [-0.15, -0.1) is 0 Å². The van der Waals surface area contributed by atoms with Crippen molar-refractivity contribution < 1.29 is 13.2 Å². The summed E-state index contributed by atoms with van der Waals surface area (Å²) >= 11 is 0. The molecule has 0 aliphatic heterocycles. The zero-order valence-corrected chi connectivity index (χ0v) is 17.1. The molecular weight excluding hydrogens is 382 g/mol. The van der Waals surface area contributed by atoms with Crippen molar-refractivity contribution in [3.05, 3.63) is 90.6 Å². The van der Waals surface area contributed by atoms with Gasteiger partial charge in [0.25, 0.3) is 10.0 Å². The van der Waals surface area contributed by atoms with E-state index in [0.717, 1.165) is 22.1 Å². The molecule has 4 rings (SSSR count). The highest BCUT2D eigenvalue weighted by molar-refractivity contribution is 7.90. The number of ether oxygens (including phenoxy) is 1. The molecule has 29 heavy (non-hydrogen) atoms. The molecular formula is C24H21NO3S. The maximum absolute atomic E-state index is 13.6. The van der Waals surface area contributed by atoms with Crippen LogP contribution in [0.1, 0.15) is 11.3 Å². The standard InChI is InChI=1S/C24H21NO3S/c1-4-22-24(18-8-7-9-19(16-18)28-3)21-10-5-6-11-23(21)25(22)29(26,27)20-14-12-17(2)13-15-20/h4-16H,1H2,2-3H3. The van der Waals surface area contributed by atoms with Crippen LogP contribution >= 0.6 is 0 Å². The molecule has 146 valence electrons. The topological polar surface area (TPSA) is 48.3 Å². The summed E-state index contributed by atoms with van der Waals surface area (Å²) in [7, 11) is -2.20. The van der Waals surface area contributed by atoms with Crippen molar-refractivity contribution in [2.24, 2.45) is 0 Å². The van der Waals surface area contributed by atoms with Crippen molar-refractivity contribution in [1.82, 2.24) is 3.97 Å². The molecule has 0 unspecified atom stereocenters. The zero-order valence-electron chi connectivity index (χ0n) is 16.3. The first-order valence-corrected chi connectivity index (χ1v) is 10.6. The van der Waals surface area contributed by atoms with Crippen molar-refractivity contribution >= 4 is 27.0 Å². The van der Waals surface area contributed by atoms with Gasteiger partial charge >= 0.3 is 0 Å². The van der Waals surface area contributed by atoms with E-state index in [1.54, 1.807) is 37.5 Å². The largest absolute Gasteiger partial charge is 0.497 e. The van der Waals surface area contributed by atoms with Crippen molar-refractivity contribution in [2.75, 3.05) is 7.11 Å². The van der Waals surface area contributed by atoms with Gasteiger partial charge in [-0.3, -0.25) is 0 Å². The van der Waals surface area contributed by atoms with E-state index in [-0.39, 0.29) is 4.90 Å². The number of para-hydroxylation sites is 1. The van der Waals surface area contributed by atoms with Gasteiger partial charge in [0.05, 0.1) is 23.2 Å². The molecule has 1 aromatic heterocycles. The fourth-order valence-electron chi connectivity index (χ4n) is 3.57. The van der Waals surface area contributed by atoms with E-state index in [2.05, 4.69) is 6.58 Å². The normalized spacial score (nSPS) is 11.5. The molecule has 1 heterocycles. The second-order valence-corrected chi connectivity index (χ2v) is 8.58. The summed E-state index contributed by atoms with van der Waals surface area (Å²) in [6.07, 6.45) is 1.60. The van der Waals surface area contributed by atoms with Gasteiger partial charge in [-0.05, 0) is 48.9 Å². The molecule has 0 spiro atoms. The van der Waals surface area contributed by atoms with Crippen LogP contribution in [-0.2, 0) is 10.0 Å². The molecule has 0 atom stereocenters. The first kappa shape index (κ1) is 19.0. The molecule has 0 aliphatic carbocycles. The number of aromatic nitrogens is 1. The zero-order chi connectivity index (χ0) is 20.6. The molecule has 0 amide bonds. The summed E-state index contributed by atoms with van der Waals surface area (Å²) in [4.78, 5) is 0.240. The average Bonchev–Trinajstić information content (AvgIpc) is 3.09. The highest BCUT2D eigenvalue weighted by Crippen LogP contribution is 2.38. The predicted molar refractivity (Wildman–Crippen MR) is 118 cm³/mol. The number of rotatable bonds is 5. The number of aryl methyl sites for hydroxylation is 1. The number of hydrogen-bond donors (Lipinski definition) is 0. The van der Waals surface area contributed by atoms with Gasteiger partial charge in [-0.1, -0.05) is 54.6 Å². The van der Waals surface area contributed by atoms with Crippen LogP contribution in [0.15, 0.2) is 84.3 Å². The van der Waals surface area contributed by atoms with Gasteiger partial charge in [0.15, 0.2) is 0 Å². The lowest BCUT2D eigenvalue weighted by atomic mass is 10.0. The van der Waals surface area contributed by atoms with E-state index in [1.165, 1.54) is 3.97 Å². The van der Waals surface area contributed by atoms with Gasteiger partial charge in [-0.2, -0.15) is 0 Å². The molecule has 0 saturated heterocycles. The minimum atomic E-state index is -3.81. The van der Waals surface area contributed by atoms with E-state index >= 15 is 0 Å². The maximum atomic E-state index is 13.6. The summed E-state index contributed by atoms with van der Waals surface area (Å²) in [6.45, 7) is 5.85. The van der Waals surface area contributed by atoms with Gasteiger partial charge < -0.3 is 4.74 Å². The Kier molecular flexibility index (Phi) is 4.76. The quantitative estimate of drug-likeness (QED) is 0.442. The predicted octanol–water partition coefficient (Wildman–Crippen LogP) is 5.51. The van der Waals surface area contributed by atoms with Crippen LogP contribution in [0.2, 0.25) is 0 Å². The summed E-state index contributed by atoms with van der Waals surface area (Å²) in [5, 5.41) is 0.839. The number of fused-ring (bicyclic) bond motifs is 1. The number of hydrogen-bond acceptors (Lipinski definition) is 3. The van der Waals surface area contributed by atoms with Gasteiger partial charge in [-0.25, -0.2) is 12.4 Å². The average molecular weight is 404 g/mol. The molecule has 5 heteroatoms.